The molecule has 1 aliphatic carbocycles. The summed E-state index contributed by atoms with van der Waals surface area (Å²) in [6.45, 7) is 9.31. The zero-order valence-corrected chi connectivity index (χ0v) is 22.2. The summed E-state index contributed by atoms with van der Waals surface area (Å²) in [4.78, 5) is 19.9. The van der Waals surface area contributed by atoms with Crippen LogP contribution < -0.4 is 16.0 Å². The van der Waals surface area contributed by atoms with Gasteiger partial charge in [-0.05, 0) is 63.3 Å². The number of likely N-dealkylation sites (tertiary alicyclic amines) is 1. The van der Waals surface area contributed by atoms with Gasteiger partial charge in [0, 0.05) is 37.3 Å². The van der Waals surface area contributed by atoms with Gasteiger partial charge in [-0.15, -0.1) is 24.0 Å². The molecule has 1 aromatic carbocycles. The van der Waals surface area contributed by atoms with Gasteiger partial charge in [0.15, 0.2) is 5.96 Å². The summed E-state index contributed by atoms with van der Waals surface area (Å²) in [7, 11) is 0. The van der Waals surface area contributed by atoms with E-state index in [1.54, 1.807) is 0 Å². The van der Waals surface area contributed by atoms with Gasteiger partial charge in [0.1, 0.15) is 0 Å². The minimum absolute atomic E-state index is 0. The molecule has 1 aliphatic heterocycles. The second-order valence-corrected chi connectivity index (χ2v) is 8.98. The number of hydrogen-bond acceptors (Lipinski definition) is 3. The average Bonchev–Trinajstić information content (AvgIpc) is 2.80. The van der Waals surface area contributed by atoms with Gasteiger partial charge in [-0.1, -0.05) is 38.3 Å². The van der Waals surface area contributed by atoms with E-state index < -0.39 is 0 Å². The lowest BCUT2D eigenvalue weighted by Gasteiger charge is -2.32. The summed E-state index contributed by atoms with van der Waals surface area (Å²) in [5.74, 6) is 1.22. The standard InChI is InChI=1S/C25H41N5O.HI/c1-3-15-30-16-13-22(14-17-30)29-25(26-4-2)27-19-20-9-8-12-23(18-20)28-24(31)21-10-6-5-7-11-21;/h8-9,12,18,21-22H,3-7,10-11,13-17,19H2,1-2H3,(H,28,31)(H2,26,27,29);1H. The second-order valence-electron chi connectivity index (χ2n) is 8.98. The maximum atomic E-state index is 12.6. The molecule has 1 heterocycles. The topological polar surface area (TPSA) is 68.8 Å². The molecule has 0 bridgehead atoms. The van der Waals surface area contributed by atoms with Crippen molar-refractivity contribution in [3.05, 3.63) is 29.8 Å². The number of hydrogen-bond donors (Lipinski definition) is 3. The number of halogens is 1. The Labute approximate surface area is 211 Å². The first-order valence-electron chi connectivity index (χ1n) is 12.3. The third-order valence-corrected chi connectivity index (χ3v) is 6.40. The molecule has 0 spiro atoms. The van der Waals surface area contributed by atoms with E-state index in [-0.39, 0.29) is 35.8 Å². The molecule has 6 nitrogen and oxygen atoms in total. The summed E-state index contributed by atoms with van der Waals surface area (Å²) < 4.78 is 0. The lowest BCUT2D eigenvalue weighted by molar-refractivity contribution is -0.120. The van der Waals surface area contributed by atoms with Crippen molar-refractivity contribution in [1.29, 1.82) is 0 Å². The fourth-order valence-electron chi connectivity index (χ4n) is 4.66. The number of carbonyl (C=O) groups excluding carboxylic acids is 1. The number of aliphatic imine (C=N–C) groups is 1. The van der Waals surface area contributed by atoms with Gasteiger partial charge in [0.2, 0.25) is 5.91 Å². The Balaban J connectivity index is 0.00000363. The van der Waals surface area contributed by atoms with Gasteiger partial charge in [0.25, 0.3) is 0 Å². The first kappa shape index (κ1) is 26.9. The predicted octanol–water partition coefficient (Wildman–Crippen LogP) is 4.75. The van der Waals surface area contributed by atoms with E-state index in [2.05, 4.69) is 46.8 Å². The molecule has 0 radical (unpaired) electrons. The molecular weight excluding hydrogens is 513 g/mol. The van der Waals surface area contributed by atoms with Crippen LogP contribution in [0.3, 0.4) is 0 Å². The molecule has 0 aromatic heterocycles. The van der Waals surface area contributed by atoms with Gasteiger partial charge in [-0.3, -0.25) is 4.79 Å². The maximum Gasteiger partial charge on any atom is 0.227 e. The SMILES string of the molecule is CCCN1CCC(NC(=NCc2cccc(NC(=O)C3CCCCC3)c2)NCC)CC1.I. The first-order chi connectivity index (χ1) is 15.2. The van der Waals surface area contributed by atoms with Crippen molar-refractivity contribution in [2.45, 2.75) is 77.8 Å². The first-order valence-corrected chi connectivity index (χ1v) is 12.3. The highest BCUT2D eigenvalue weighted by Gasteiger charge is 2.21. The molecule has 180 valence electrons. The lowest BCUT2D eigenvalue weighted by atomic mass is 9.88. The number of nitrogens with one attached hydrogen (secondary N) is 3. The van der Waals surface area contributed by atoms with Crippen molar-refractivity contribution in [2.24, 2.45) is 10.9 Å². The zero-order valence-electron chi connectivity index (χ0n) is 19.9. The van der Waals surface area contributed by atoms with E-state index in [0.717, 1.165) is 62.5 Å². The minimum atomic E-state index is 0. The highest BCUT2D eigenvalue weighted by molar-refractivity contribution is 14.0. The quantitative estimate of drug-likeness (QED) is 0.246. The number of rotatable bonds is 8. The Morgan fingerprint density at radius 1 is 1.09 bits per heavy atom. The summed E-state index contributed by atoms with van der Waals surface area (Å²) in [5.41, 5.74) is 1.99. The van der Waals surface area contributed by atoms with Gasteiger partial charge < -0.3 is 20.9 Å². The number of guanidine groups is 1. The van der Waals surface area contributed by atoms with Gasteiger partial charge in [0.05, 0.1) is 6.54 Å². The third-order valence-electron chi connectivity index (χ3n) is 6.40. The third kappa shape index (κ3) is 8.89. The minimum Gasteiger partial charge on any atom is -0.357 e. The molecule has 2 aliphatic rings. The van der Waals surface area contributed by atoms with Crippen molar-refractivity contribution >= 4 is 41.5 Å². The van der Waals surface area contributed by atoms with Crippen LogP contribution in [0.1, 0.15) is 70.8 Å². The van der Waals surface area contributed by atoms with Crippen LogP contribution in [0.4, 0.5) is 5.69 Å². The van der Waals surface area contributed by atoms with Crippen LogP contribution in [0, 0.1) is 5.92 Å². The van der Waals surface area contributed by atoms with Crippen LogP contribution in [0.5, 0.6) is 0 Å². The Hall–Kier alpha value is -1.35. The number of carbonyl (C=O) groups is 1. The zero-order chi connectivity index (χ0) is 21.9. The van der Waals surface area contributed by atoms with Crippen LogP contribution >= 0.6 is 24.0 Å². The summed E-state index contributed by atoms with van der Waals surface area (Å²) in [6, 6.07) is 8.59. The van der Waals surface area contributed by atoms with Gasteiger partial charge in [-0.2, -0.15) is 0 Å². The van der Waals surface area contributed by atoms with E-state index in [1.165, 1.54) is 32.2 Å². The number of nitrogens with zero attached hydrogens (tertiary/aromatic N) is 2. The van der Waals surface area contributed by atoms with E-state index in [0.29, 0.717) is 12.6 Å². The second kappa shape index (κ2) is 14.7. The highest BCUT2D eigenvalue weighted by atomic mass is 127. The van der Waals surface area contributed by atoms with E-state index in [1.807, 2.05) is 12.1 Å². The Morgan fingerprint density at radius 3 is 2.53 bits per heavy atom. The molecule has 3 rings (SSSR count). The van der Waals surface area contributed by atoms with Crippen LogP contribution in [0.2, 0.25) is 0 Å². The molecule has 0 unspecified atom stereocenters. The molecule has 2 fully saturated rings. The Bertz CT molecular complexity index is 712. The summed E-state index contributed by atoms with van der Waals surface area (Å²) in [6.07, 6.45) is 9.19. The lowest BCUT2D eigenvalue weighted by Crippen LogP contribution is -2.48. The monoisotopic (exact) mass is 555 g/mol. The van der Waals surface area contributed by atoms with E-state index in [4.69, 9.17) is 4.99 Å². The summed E-state index contributed by atoms with van der Waals surface area (Å²) >= 11 is 0. The van der Waals surface area contributed by atoms with Gasteiger partial charge >= 0.3 is 0 Å². The molecule has 1 saturated carbocycles. The van der Waals surface area contributed by atoms with Crippen molar-refractivity contribution < 1.29 is 4.79 Å². The number of benzene rings is 1. The average molecular weight is 556 g/mol. The van der Waals surface area contributed by atoms with Crippen molar-refractivity contribution in [3.8, 4) is 0 Å². The number of piperidine rings is 1. The van der Waals surface area contributed by atoms with Crippen molar-refractivity contribution in [3.63, 3.8) is 0 Å². The fraction of sp³-hybridized carbons (Fsp3) is 0.680. The molecule has 1 aromatic rings. The Kier molecular flexibility index (Phi) is 12.4. The van der Waals surface area contributed by atoms with Crippen molar-refractivity contribution in [2.75, 3.05) is 31.5 Å². The number of anilines is 1. The van der Waals surface area contributed by atoms with E-state index in [9.17, 15) is 4.79 Å². The van der Waals surface area contributed by atoms with E-state index >= 15 is 0 Å². The largest absolute Gasteiger partial charge is 0.357 e. The van der Waals surface area contributed by atoms with Crippen LogP contribution in [-0.2, 0) is 11.3 Å². The van der Waals surface area contributed by atoms with Crippen molar-refractivity contribution in [1.82, 2.24) is 15.5 Å². The molecule has 7 heteroatoms. The summed E-state index contributed by atoms with van der Waals surface area (Å²) in [5, 5.41) is 10.1. The predicted molar refractivity (Wildman–Crippen MR) is 145 cm³/mol. The fourth-order valence-corrected chi connectivity index (χ4v) is 4.66. The molecule has 1 saturated heterocycles. The molecule has 1 amide bonds. The van der Waals surface area contributed by atoms with Crippen LogP contribution in [0.25, 0.3) is 0 Å². The Morgan fingerprint density at radius 2 is 1.84 bits per heavy atom. The smallest absolute Gasteiger partial charge is 0.227 e. The number of amides is 1. The molecule has 0 atom stereocenters. The molecule has 3 N–H and O–H groups in total. The normalized spacial score (nSPS) is 18.6. The molecular formula is C25H42IN5O. The molecule has 32 heavy (non-hydrogen) atoms. The van der Waals surface area contributed by atoms with Gasteiger partial charge in [-0.25, -0.2) is 4.99 Å². The van der Waals surface area contributed by atoms with Crippen LogP contribution in [0.15, 0.2) is 29.3 Å². The highest BCUT2D eigenvalue weighted by Crippen LogP contribution is 2.25. The maximum absolute atomic E-state index is 12.6. The van der Waals surface area contributed by atoms with Crippen LogP contribution in [-0.4, -0.2) is 49.0 Å².